The standard InChI is InChI=1S/C19H25N3O3/c1-12(11-17-13(2)21-22(4)14(17)3)20-18(23)10-7-15-5-8-16(9-6-15)19(24)25/h5-6,8-9,12H,7,10-11H2,1-4H3,(H,20,23)(H,24,25). The van der Waals surface area contributed by atoms with Crippen molar-refractivity contribution in [2.45, 2.75) is 46.1 Å². The van der Waals surface area contributed by atoms with Crippen LogP contribution in [0, 0.1) is 13.8 Å². The average Bonchev–Trinajstić information content (AvgIpc) is 2.79. The summed E-state index contributed by atoms with van der Waals surface area (Å²) in [4.78, 5) is 23.0. The van der Waals surface area contributed by atoms with Gasteiger partial charge in [0.05, 0.1) is 11.3 Å². The zero-order chi connectivity index (χ0) is 18.6. The van der Waals surface area contributed by atoms with Crippen LogP contribution in [-0.4, -0.2) is 32.8 Å². The first kappa shape index (κ1) is 18.7. The fourth-order valence-electron chi connectivity index (χ4n) is 2.89. The predicted molar refractivity (Wildman–Crippen MR) is 95.7 cm³/mol. The molecule has 1 unspecified atom stereocenters. The van der Waals surface area contributed by atoms with Crippen LogP contribution < -0.4 is 5.32 Å². The van der Waals surface area contributed by atoms with Crippen molar-refractivity contribution in [2.75, 3.05) is 0 Å². The third kappa shape index (κ3) is 4.92. The molecule has 0 saturated carbocycles. The number of carboxylic acid groups (broad SMARTS) is 1. The van der Waals surface area contributed by atoms with Crippen molar-refractivity contribution in [3.8, 4) is 0 Å². The third-order valence-electron chi connectivity index (χ3n) is 4.42. The van der Waals surface area contributed by atoms with E-state index in [0.29, 0.717) is 12.8 Å². The number of aryl methyl sites for hydroxylation is 3. The molecule has 2 aromatic rings. The molecule has 1 heterocycles. The number of hydrogen-bond donors (Lipinski definition) is 2. The molecule has 0 aliphatic carbocycles. The van der Waals surface area contributed by atoms with Crippen LogP contribution in [0.4, 0.5) is 0 Å². The predicted octanol–water partition coefficient (Wildman–Crippen LogP) is 2.42. The number of hydrogen-bond acceptors (Lipinski definition) is 3. The fourth-order valence-corrected chi connectivity index (χ4v) is 2.89. The Labute approximate surface area is 147 Å². The quantitative estimate of drug-likeness (QED) is 0.808. The van der Waals surface area contributed by atoms with Crippen LogP contribution >= 0.6 is 0 Å². The average molecular weight is 343 g/mol. The van der Waals surface area contributed by atoms with E-state index in [2.05, 4.69) is 10.4 Å². The van der Waals surface area contributed by atoms with Crippen molar-refractivity contribution >= 4 is 11.9 Å². The van der Waals surface area contributed by atoms with Gasteiger partial charge in [0.2, 0.25) is 5.91 Å². The van der Waals surface area contributed by atoms with E-state index in [4.69, 9.17) is 5.11 Å². The molecule has 0 saturated heterocycles. The number of benzene rings is 1. The summed E-state index contributed by atoms with van der Waals surface area (Å²) in [6.07, 6.45) is 1.72. The van der Waals surface area contributed by atoms with E-state index in [1.165, 1.54) is 5.56 Å². The smallest absolute Gasteiger partial charge is 0.335 e. The normalized spacial score (nSPS) is 12.0. The molecule has 25 heavy (non-hydrogen) atoms. The summed E-state index contributed by atoms with van der Waals surface area (Å²) in [6, 6.07) is 6.66. The van der Waals surface area contributed by atoms with Crippen LogP contribution in [0.25, 0.3) is 0 Å². The maximum atomic E-state index is 12.1. The van der Waals surface area contributed by atoms with Gasteiger partial charge in [0, 0.05) is 25.2 Å². The van der Waals surface area contributed by atoms with Gasteiger partial charge in [-0.3, -0.25) is 9.48 Å². The number of nitrogens with zero attached hydrogens (tertiary/aromatic N) is 2. The molecule has 0 radical (unpaired) electrons. The highest BCUT2D eigenvalue weighted by atomic mass is 16.4. The third-order valence-corrected chi connectivity index (χ3v) is 4.42. The molecule has 0 aliphatic rings. The molecule has 0 spiro atoms. The molecule has 1 atom stereocenters. The minimum atomic E-state index is -0.945. The Balaban J connectivity index is 1.84. The fraction of sp³-hybridized carbons (Fsp3) is 0.421. The second-order valence-corrected chi connectivity index (χ2v) is 6.45. The van der Waals surface area contributed by atoms with E-state index in [1.807, 2.05) is 32.5 Å². The van der Waals surface area contributed by atoms with Crippen molar-refractivity contribution in [1.82, 2.24) is 15.1 Å². The van der Waals surface area contributed by atoms with Gasteiger partial charge >= 0.3 is 5.97 Å². The number of aromatic carboxylic acids is 1. The molecular formula is C19H25N3O3. The number of carboxylic acids is 1. The van der Waals surface area contributed by atoms with Gasteiger partial charge in [-0.05, 0) is 56.9 Å². The van der Waals surface area contributed by atoms with Gasteiger partial charge in [-0.2, -0.15) is 5.10 Å². The van der Waals surface area contributed by atoms with Crippen molar-refractivity contribution in [3.63, 3.8) is 0 Å². The summed E-state index contributed by atoms with van der Waals surface area (Å²) in [5.74, 6) is -0.951. The van der Waals surface area contributed by atoms with Gasteiger partial charge in [-0.25, -0.2) is 4.79 Å². The van der Waals surface area contributed by atoms with Crippen LogP contribution in [-0.2, 0) is 24.7 Å². The lowest BCUT2D eigenvalue weighted by Gasteiger charge is -2.14. The van der Waals surface area contributed by atoms with Crippen LogP contribution in [0.3, 0.4) is 0 Å². The van der Waals surface area contributed by atoms with E-state index in [-0.39, 0.29) is 17.5 Å². The molecule has 0 aliphatic heterocycles. The molecule has 2 N–H and O–H groups in total. The zero-order valence-corrected chi connectivity index (χ0v) is 15.2. The van der Waals surface area contributed by atoms with Crippen molar-refractivity contribution < 1.29 is 14.7 Å². The Bertz CT molecular complexity index is 763. The highest BCUT2D eigenvalue weighted by molar-refractivity contribution is 5.87. The summed E-state index contributed by atoms with van der Waals surface area (Å²) in [5, 5.41) is 16.3. The van der Waals surface area contributed by atoms with Crippen LogP contribution in [0.2, 0.25) is 0 Å². The summed E-state index contributed by atoms with van der Waals surface area (Å²) in [7, 11) is 1.92. The second kappa shape index (κ2) is 7.96. The Morgan fingerprint density at radius 2 is 1.88 bits per heavy atom. The summed E-state index contributed by atoms with van der Waals surface area (Å²) >= 11 is 0. The van der Waals surface area contributed by atoms with Crippen molar-refractivity contribution in [1.29, 1.82) is 0 Å². The SMILES string of the molecule is Cc1nn(C)c(C)c1CC(C)NC(=O)CCc1ccc(C(=O)O)cc1. The summed E-state index contributed by atoms with van der Waals surface area (Å²) in [5.41, 5.74) is 4.51. The van der Waals surface area contributed by atoms with Crippen LogP contribution in [0.1, 0.15) is 46.2 Å². The van der Waals surface area contributed by atoms with E-state index >= 15 is 0 Å². The lowest BCUT2D eigenvalue weighted by Crippen LogP contribution is -2.34. The lowest BCUT2D eigenvalue weighted by molar-refractivity contribution is -0.121. The van der Waals surface area contributed by atoms with Gasteiger partial charge in [0.25, 0.3) is 0 Å². The maximum Gasteiger partial charge on any atom is 0.335 e. The first-order valence-electron chi connectivity index (χ1n) is 8.38. The largest absolute Gasteiger partial charge is 0.478 e. The number of amides is 1. The van der Waals surface area contributed by atoms with Crippen molar-refractivity contribution in [3.05, 3.63) is 52.3 Å². The van der Waals surface area contributed by atoms with Gasteiger partial charge in [0.15, 0.2) is 0 Å². The molecule has 2 rings (SSSR count). The molecule has 6 nitrogen and oxygen atoms in total. The molecule has 1 amide bonds. The van der Waals surface area contributed by atoms with E-state index in [0.717, 1.165) is 23.4 Å². The van der Waals surface area contributed by atoms with Gasteiger partial charge in [-0.1, -0.05) is 12.1 Å². The molecule has 1 aromatic heterocycles. The minimum absolute atomic E-state index is 0.00555. The van der Waals surface area contributed by atoms with E-state index in [1.54, 1.807) is 24.3 Å². The lowest BCUT2D eigenvalue weighted by atomic mass is 10.0. The zero-order valence-electron chi connectivity index (χ0n) is 15.2. The van der Waals surface area contributed by atoms with Gasteiger partial charge in [0.1, 0.15) is 0 Å². The van der Waals surface area contributed by atoms with Crippen molar-refractivity contribution in [2.24, 2.45) is 7.05 Å². The summed E-state index contributed by atoms with van der Waals surface area (Å²) in [6.45, 7) is 6.01. The van der Waals surface area contributed by atoms with Crippen LogP contribution in [0.5, 0.6) is 0 Å². The van der Waals surface area contributed by atoms with Gasteiger partial charge in [-0.15, -0.1) is 0 Å². The summed E-state index contributed by atoms with van der Waals surface area (Å²) < 4.78 is 1.86. The Hall–Kier alpha value is -2.63. The molecule has 134 valence electrons. The molecule has 1 aromatic carbocycles. The second-order valence-electron chi connectivity index (χ2n) is 6.45. The number of carbonyl (C=O) groups excluding carboxylic acids is 1. The maximum absolute atomic E-state index is 12.1. The Morgan fingerprint density at radius 1 is 1.24 bits per heavy atom. The van der Waals surface area contributed by atoms with E-state index < -0.39 is 5.97 Å². The Morgan fingerprint density at radius 3 is 2.40 bits per heavy atom. The van der Waals surface area contributed by atoms with E-state index in [9.17, 15) is 9.59 Å². The highest BCUT2D eigenvalue weighted by Gasteiger charge is 2.14. The van der Waals surface area contributed by atoms with Gasteiger partial charge < -0.3 is 10.4 Å². The number of nitrogens with one attached hydrogen (secondary N) is 1. The molecular weight excluding hydrogens is 318 g/mol. The Kier molecular flexibility index (Phi) is 5.96. The number of aromatic nitrogens is 2. The first-order chi connectivity index (χ1) is 11.8. The first-order valence-corrected chi connectivity index (χ1v) is 8.38. The minimum Gasteiger partial charge on any atom is -0.478 e. The molecule has 0 fully saturated rings. The topological polar surface area (TPSA) is 84.2 Å². The molecule has 6 heteroatoms. The number of carbonyl (C=O) groups is 2. The highest BCUT2D eigenvalue weighted by Crippen LogP contribution is 2.14. The number of rotatable bonds is 7. The molecule has 0 bridgehead atoms. The monoisotopic (exact) mass is 343 g/mol. The van der Waals surface area contributed by atoms with Crippen LogP contribution in [0.15, 0.2) is 24.3 Å².